The zero-order valence-corrected chi connectivity index (χ0v) is 11.5. The Hall–Kier alpha value is -0.550. The summed E-state index contributed by atoms with van der Waals surface area (Å²) in [6.45, 7) is 0. The lowest BCUT2D eigenvalue weighted by Gasteiger charge is -2.23. The SMILES string of the molecule is O=S(=O)([O-])C(F)(F)C(F)CCCCCCC(F)(F)F.[NH4+]. The van der Waals surface area contributed by atoms with E-state index >= 15 is 0 Å². The van der Waals surface area contributed by atoms with Crippen molar-refractivity contribution in [3.8, 4) is 0 Å². The molecule has 0 heterocycles. The van der Waals surface area contributed by atoms with E-state index in [0.717, 1.165) is 0 Å². The van der Waals surface area contributed by atoms with Crippen LogP contribution in [0.4, 0.5) is 26.3 Å². The summed E-state index contributed by atoms with van der Waals surface area (Å²) in [4.78, 5) is 0. The molecule has 0 aliphatic rings. The Balaban J connectivity index is 0. The van der Waals surface area contributed by atoms with Crippen molar-refractivity contribution in [1.82, 2.24) is 6.15 Å². The first-order valence-electron chi connectivity index (χ1n) is 5.42. The smallest absolute Gasteiger partial charge is 0.389 e. The minimum absolute atomic E-state index is 0. The fourth-order valence-electron chi connectivity index (χ4n) is 1.33. The maximum atomic E-state index is 12.9. The lowest BCUT2D eigenvalue weighted by molar-refractivity contribution is -0.135. The van der Waals surface area contributed by atoms with Gasteiger partial charge in [0.25, 0.3) is 0 Å². The molecule has 20 heavy (non-hydrogen) atoms. The van der Waals surface area contributed by atoms with Gasteiger partial charge in [0, 0.05) is 6.42 Å². The Bertz CT molecular complexity index is 370. The average molecular weight is 333 g/mol. The van der Waals surface area contributed by atoms with Crippen LogP contribution in [0.2, 0.25) is 0 Å². The van der Waals surface area contributed by atoms with Gasteiger partial charge in [-0.2, -0.15) is 22.0 Å². The van der Waals surface area contributed by atoms with Crippen molar-refractivity contribution in [2.75, 3.05) is 0 Å². The summed E-state index contributed by atoms with van der Waals surface area (Å²) in [5.41, 5.74) is 0. The van der Waals surface area contributed by atoms with Gasteiger partial charge in [0.2, 0.25) is 0 Å². The van der Waals surface area contributed by atoms with E-state index < -0.39 is 40.6 Å². The minimum atomic E-state index is -6.08. The van der Waals surface area contributed by atoms with Crippen molar-refractivity contribution in [1.29, 1.82) is 0 Å². The topological polar surface area (TPSA) is 93.7 Å². The summed E-state index contributed by atoms with van der Waals surface area (Å²) < 4.78 is 103. The molecular weight excluding hydrogens is 316 g/mol. The van der Waals surface area contributed by atoms with Crippen LogP contribution in [0.1, 0.15) is 38.5 Å². The molecule has 0 aliphatic heterocycles. The van der Waals surface area contributed by atoms with Crippen molar-refractivity contribution in [2.45, 2.75) is 56.1 Å². The molecular formula is C9H17F6NO3S. The van der Waals surface area contributed by atoms with Crippen LogP contribution in [0, 0.1) is 0 Å². The predicted octanol–water partition coefficient (Wildman–Crippen LogP) is 3.74. The summed E-state index contributed by atoms with van der Waals surface area (Å²) in [6, 6.07) is 0. The molecule has 0 aromatic heterocycles. The van der Waals surface area contributed by atoms with Gasteiger partial charge in [-0.15, -0.1) is 0 Å². The minimum Gasteiger partial charge on any atom is -0.743 e. The van der Waals surface area contributed by atoms with Crippen molar-refractivity contribution in [3.63, 3.8) is 0 Å². The standard InChI is InChI=1S/C9H14F6O3S.H3N/c10-7(9(14,15)19(16,17)18)5-3-1-2-4-6-8(11,12)13;/h7H,1-6H2,(H,16,17,18);1H3. The normalized spacial score (nSPS) is 14.8. The van der Waals surface area contributed by atoms with Gasteiger partial charge in [-0.1, -0.05) is 19.3 Å². The van der Waals surface area contributed by atoms with Gasteiger partial charge in [0.15, 0.2) is 16.3 Å². The second kappa shape index (κ2) is 8.03. The zero-order chi connectivity index (χ0) is 15.3. The molecule has 1 unspecified atom stereocenters. The third kappa shape index (κ3) is 7.90. The molecule has 0 aromatic carbocycles. The quantitative estimate of drug-likeness (QED) is 0.416. The van der Waals surface area contributed by atoms with Crippen LogP contribution in [-0.2, 0) is 10.1 Å². The van der Waals surface area contributed by atoms with Gasteiger partial charge in [-0.3, -0.25) is 0 Å². The Morgan fingerprint density at radius 1 is 0.950 bits per heavy atom. The van der Waals surface area contributed by atoms with Gasteiger partial charge < -0.3 is 10.7 Å². The average Bonchev–Trinajstić information content (AvgIpc) is 2.19. The van der Waals surface area contributed by atoms with Crippen LogP contribution in [0.3, 0.4) is 0 Å². The molecule has 0 spiro atoms. The molecule has 11 heteroatoms. The number of halogens is 6. The molecule has 0 aliphatic carbocycles. The maximum Gasteiger partial charge on any atom is 0.389 e. The first-order valence-corrected chi connectivity index (χ1v) is 6.83. The first kappa shape index (κ1) is 21.7. The monoisotopic (exact) mass is 333 g/mol. The number of rotatable bonds is 8. The van der Waals surface area contributed by atoms with E-state index in [1.165, 1.54) is 0 Å². The largest absolute Gasteiger partial charge is 0.743 e. The molecule has 124 valence electrons. The summed E-state index contributed by atoms with van der Waals surface area (Å²) >= 11 is 0. The predicted molar refractivity (Wildman–Crippen MR) is 59.3 cm³/mol. The highest BCUT2D eigenvalue weighted by molar-refractivity contribution is 7.86. The van der Waals surface area contributed by atoms with Crippen LogP contribution in [-0.4, -0.2) is 30.6 Å². The van der Waals surface area contributed by atoms with E-state index in [9.17, 15) is 39.3 Å². The second-order valence-corrected chi connectivity index (χ2v) is 5.50. The fourth-order valence-corrected chi connectivity index (χ4v) is 1.76. The maximum absolute atomic E-state index is 12.9. The Kier molecular flexibility index (Phi) is 8.73. The van der Waals surface area contributed by atoms with Crippen LogP contribution in [0.5, 0.6) is 0 Å². The van der Waals surface area contributed by atoms with Crippen LogP contribution < -0.4 is 6.15 Å². The highest BCUT2D eigenvalue weighted by Gasteiger charge is 2.46. The summed E-state index contributed by atoms with van der Waals surface area (Å²) in [7, 11) is -6.08. The van der Waals surface area contributed by atoms with Crippen LogP contribution in [0.15, 0.2) is 0 Å². The van der Waals surface area contributed by atoms with Gasteiger partial charge in [0.1, 0.15) is 0 Å². The van der Waals surface area contributed by atoms with E-state index in [-0.39, 0.29) is 31.8 Å². The molecule has 0 rings (SSSR count). The van der Waals surface area contributed by atoms with Crippen molar-refractivity contribution in [3.05, 3.63) is 0 Å². The zero-order valence-electron chi connectivity index (χ0n) is 10.7. The molecule has 0 amide bonds. The van der Waals surface area contributed by atoms with E-state index in [1.807, 2.05) is 0 Å². The van der Waals surface area contributed by atoms with Gasteiger partial charge in [-0.25, -0.2) is 12.8 Å². The molecule has 0 bridgehead atoms. The number of alkyl halides is 6. The number of unbranched alkanes of at least 4 members (excludes halogenated alkanes) is 3. The summed E-state index contributed by atoms with van der Waals surface area (Å²) in [6.07, 6.45) is -9.67. The lowest BCUT2D eigenvalue weighted by Crippen LogP contribution is -2.38. The summed E-state index contributed by atoms with van der Waals surface area (Å²) in [5, 5.41) is -5.00. The molecule has 0 fully saturated rings. The molecule has 0 radical (unpaired) electrons. The molecule has 1 atom stereocenters. The first-order chi connectivity index (χ1) is 8.38. The molecule has 0 saturated heterocycles. The number of hydrogen-bond donors (Lipinski definition) is 1. The van der Waals surface area contributed by atoms with E-state index in [2.05, 4.69) is 0 Å². The Morgan fingerprint density at radius 3 is 1.80 bits per heavy atom. The highest BCUT2D eigenvalue weighted by Crippen LogP contribution is 2.30. The Morgan fingerprint density at radius 2 is 1.40 bits per heavy atom. The molecule has 4 nitrogen and oxygen atoms in total. The third-order valence-electron chi connectivity index (χ3n) is 2.37. The van der Waals surface area contributed by atoms with Crippen molar-refractivity contribution in [2.24, 2.45) is 0 Å². The van der Waals surface area contributed by atoms with Gasteiger partial charge >= 0.3 is 11.4 Å². The molecule has 0 saturated carbocycles. The third-order valence-corrected chi connectivity index (χ3v) is 3.29. The van der Waals surface area contributed by atoms with Crippen LogP contribution in [0.25, 0.3) is 0 Å². The highest BCUT2D eigenvalue weighted by atomic mass is 32.2. The number of hydrogen-bond acceptors (Lipinski definition) is 3. The fraction of sp³-hybridized carbons (Fsp3) is 1.00. The van der Waals surface area contributed by atoms with Crippen molar-refractivity contribution < 1.29 is 39.3 Å². The second-order valence-electron chi connectivity index (χ2n) is 4.05. The number of quaternary nitrogens is 1. The van der Waals surface area contributed by atoms with Gasteiger partial charge in [-0.05, 0) is 12.8 Å². The van der Waals surface area contributed by atoms with E-state index in [4.69, 9.17) is 0 Å². The Labute approximate surface area is 112 Å². The lowest BCUT2D eigenvalue weighted by atomic mass is 10.1. The van der Waals surface area contributed by atoms with E-state index in [1.54, 1.807) is 0 Å². The van der Waals surface area contributed by atoms with E-state index in [0.29, 0.717) is 0 Å². The molecule has 4 N–H and O–H groups in total. The molecule has 0 aromatic rings. The van der Waals surface area contributed by atoms with Crippen molar-refractivity contribution >= 4 is 10.1 Å². The summed E-state index contributed by atoms with van der Waals surface area (Å²) in [5.74, 6) is 0. The van der Waals surface area contributed by atoms with Gasteiger partial charge in [0.05, 0.1) is 0 Å². The van der Waals surface area contributed by atoms with Crippen LogP contribution >= 0.6 is 0 Å².